The van der Waals surface area contributed by atoms with Gasteiger partial charge < -0.3 is 5.32 Å². The summed E-state index contributed by atoms with van der Waals surface area (Å²) in [6.07, 6.45) is 3.26. The highest BCUT2D eigenvalue weighted by atomic mass is 35.5. The number of hydrogen-bond donors (Lipinski definition) is 1. The van der Waals surface area contributed by atoms with Crippen molar-refractivity contribution in [2.75, 3.05) is 5.32 Å². The van der Waals surface area contributed by atoms with Gasteiger partial charge in [-0.1, -0.05) is 49.6 Å². The molecule has 1 nitrogen and oxygen atoms in total. The molecule has 21 heavy (non-hydrogen) atoms. The van der Waals surface area contributed by atoms with Crippen LogP contribution in [-0.2, 0) is 0 Å². The molecule has 0 saturated carbocycles. The highest BCUT2D eigenvalue weighted by molar-refractivity contribution is 6.31. The number of nitrogens with one attached hydrogen (secondary N) is 1. The summed E-state index contributed by atoms with van der Waals surface area (Å²) in [5.41, 5.74) is 3.16. The summed E-state index contributed by atoms with van der Waals surface area (Å²) in [4.78, 5) is 0. The minimum atomic E-state index is -0.202. The predicted octanol–water partition coefficient (Wildman–Crippen LogP) is 6.13. The van der Waals surface area contributed by atoms with Gasteiger partial charge >= 0.3 is 0 Å². The summed E-state index contributed by atoms with van der Waals surface area (Å²) >= 11 is 6.18. The van der Waals surface area contributed by atoms with Gasteiger partial charge in [0, 0.05) is 10.7 Å². The van der Waals surface area contributed by atoms with E-state index in [2.05, 4.69) is 12.2 Å². The number of unbranched alkanes of at least 4 members (excludes halogenated alkanes) is 1. The van der Waals surface area contributed by atoms with E-state index in [4.69, 9.17) is 11.6 Å². The second-order valence-corrected chi connectivity index (χ2v) is 5.76. The summed E-state index contributed by atoms with van der Waals surface area (Å²) in [6.45, 7) is 4.16. The smallest absolute Gasteiger partial charge is 0.123 e. The molecule has 0 aliphatic rings. The summed E-state index contributed by atoms with van der Waals surface area (Å²) in [5.74, 6) is -0.202. The van der Waals surface area contributed by atoms with Gasteiger partial charge in [0.05, 0.1) is 6.04 Å². The molecule has 2 aromatic rings. The lowest BCUT2D eigenvalue weighted by molar-refractivity contribution is 0.616. The lowest BCUT2D eigenvalue weighted by atomic mass is 10.0. The van der Waals surface area contributed by atoms with E-state index in [9.17, 15) is 4.39 Å². The molecule has 2 aromatic carbocycles. The van der Waals surface area contributed by atoms with Crippen LogP contribution in [0.5, 0.6) is 0 Å². The van der Waals surface area contributed by atoms with Crippen LogP contribution in [0.4, 0.5) is 10.1 Å². The van der Waals surface area contributed by atoms with Crippen molar-refractivity contribution in [2.24, 2.45) is 0 Å². The zero-order valence-electron chi connectivity index (χ0n) is 12.5. The van der Waals surface area contributed by atoms with Gasteiger partial charge in [-0.25, -0.2) is 4.39 Å². The lowest BCUT2D eigenvalue weighted by Gasteiger charge is -2.21. The van der Waals surface area contributed by atoms with Gasteiger partial charge in [-0.3, -0.25) is 0 Å². The van der Waals surface area contributed by atoms with Crippen LogP contribution in [0, 0.1) is 12.7 Å². The molecule has 1 N–H and O–H groups in total. The van der Waals surface area contributed by atoms with Crippen molar-refractivity contribution >= 4 is 17.3 Å². The molecule has 0 bridgehead atoms. The van der Waals surface area contributed by atoms with Crippen LogP contribution in [0.2, 0.25) is 5.02 Å². The molecule has 0 radical (unpaired) electrons. The Morgan fingerprint density at radius 2 is 1.86 bits per heavy atom. The van der Waals surface area contributed by atoms with Crippen molar-refractivity contribution < 1.29 is 4.39 Å². The number of halogens is 2. The third-order valence-electron chi connectivity index (χ3n) is 3.63. The fraction of sp³-hybridized carbons (Fsp3) is 0.333. The molecule has 0 aliphatic heterocycles. The molecule has 0 heterocycles. The van der Waals surface area contributed by atoms with Crippen molar-refractivity contribution in [1.82, 2.24) is 0 Å². The Balaban J connectivity index is 2.19. The van der Waals surface area contributed by atoms with Crippen LogP contribution in [0.15, 0.2) is 42.5 Å². The van der Waals surface area contributed by atoms with Crippen molar-refractivity contribution in [3.05, 3.63) is 64.4 Å². The van der Waals surface area contributed by atoms with Crippen molar-refractivity contribution in [3.63, 3.8) is 0 Å². The van der Waals surface area contributed by atoms with Crippen LogP contribution >= 0.6 is 11.6 Å². The van der Waals surface area contributed by atoms with E-state index in [1.165, 1.54) is 12.1 Å². The second kappa shape index (κ2) is 7.46. The third-order valence-corrected chi connectivity index (χ3v) is 4.04. The molecule has 1 unspecified atom stereocenters. The van der Waals surface area contributed by atoms with Gasteiger partial charge in [0.2, 0.25) is 0 Å². The molecule has 0 amide bonds. The molecular weight excluding hydrogens is 285 g/mol. The normalized spacial score (nSPS) is 12.2. The topological polar surface area (TPSA) is 12.0 Å². The van der Waals surface area contributed by atoms with E-state index in [0.29, 0.717) is 0 Å². The number of anilines is 1. The zero-order valence-corrected chi connectivity index (χ0v) is 13.3. The van der Waals surface area contributed by atoms with Crippen molar-refractivity contribution in [1.29, 1.82) is 0 Å². The first-order valence-electron chi connectivity index (χ1n) is 7.38. The number of aryl methyl sites for hydroxylation is 1. The summed E-state index contributed by atoms with van der Waals surface area (Å²) in [7, 11) is 0. The van der Waals surface area contributed by atoms with Gasteiger partial charge in [0.25, 0.3) is 0 Å². The predicted molar refractivity (Wildman–Crippen MR) is 88.5 cm³/mol. The summed E-state index contributed by atoms with van der Waals surface area (Å²) in [6, 6.07) is 12.9. The van der Waals surface area contributed by atoms with E-state index >= 15 is 0 Å². The first kappa shape index (κ1) is 15.8. The molecular formula is C18H21ClFN. The second-order valence-electron chi connectivity index (χ2n) is 5.35. The standard InChI is InChI=1S/C18H21ClFN/c1-3-4-5-18(14-7-9-15(20)10-8-14)21-16-11-6-13(2)17(19)12-16/h6-12,18,21H,3-5H2,1-2H3. The lowest BCUT2D eigenvalue weighted by Crippen LogP contribution is -2.11. The van der Waals surface area contributed by atoms with E-state index in [-0.39, 0.29) is 11.9 Å². The highest BCUT2D eigenvalue weighted by Gasteiger charge is 2.11. The summed E-state index contributed by atoms with van der Waals surface area (Å²) < 4.78 is 13.1. The first-order valence-corrected chi connectivity index (χ1v) is 7.76. The fourth-order valence-electron chi connectivity index (χ4n) is 2.31. The van der Waals surface area contributed by atoms with Crippen LogP contribution in [0.3, 0.4) is 0 Å². The van der Waals surface area contributed by atoms with Crippen LogP contribution in [0.25, 0.3) is 0 Å². The van der Waals surface area contributed by atoms with E-state index in [0.717, 1.165) is 41.1 Å². The minimum absolute atomic E-state index is 0.171. The maximum absolute atomic E-state index is 13.1. The number of rotatable bonds is 6. The Morgan fingerprint density at radius 1 is 1.14 bits per heavy atom. The van der Waals surface area contributed by atoms with Crippen LogP contribution < -0.4 is 5.32 Å². The van der Waals surface area contributed by atoms with E-state index in [1.807, 2.05) is 37.3 Å². The largest absolute Gasteiger partial charge is 0.378 e. The van der Waals surface area contributed by atoms with Gasteiger partial charge in [-0.2, -0.15) is 0 Å². The third kappa shape index (κ3) is 4.47. The van der Waals surface area contributed by atoms with Gasteiger partial charge in [-0.05, 0) is 48.7 Å². The Kier molecular flexibility index (Phi) is 5.63. The molecule has 0 aliphatic carbocycles. The van der Waals surface area contributed by atoms with Gasteiger partial charge in [-0.15, -0.1) is 0 Å². The van der Waals surface area contributed by atoms with Crippen molar-refractivity contribution in [3.8, 4) is 0 Å². The Hall–Kier alpha value is -1.54. The maximum Gasteiger partial charge on any atom is 0.123 e. The maximum atomic E-state index is 13.1. The average molecular weight is 306 g/mol. The van der Waals surface area contributed by atoms with Gasteiger partial charge in [0.15, 0.2) is 0 Å². The van der Waals surface area contributed by atoms with Crippen molar-refractivity contribution in [2.45, 2.75) is 39.2 Å². The van der Waals surface area contributed by atoms with Crippen LogP contribution in [-0.4, -0.2) is 0 Å². The first-order chi connectivity index (χ1) is 10.1. The SMILES string of the molecule is CCCCC(Nc1ccc(C)c(Cl)c1)c1ccc(F)cc1. The van der Waals surface area contributed by atoms with Gasteiger partial charge in [0.1, 0.15) is 5.82 Å². The quantitative estimate of drug-likeness (QED) is 0.676. The monoisotopic (exact) mass is 305 g/mol. The Labute approximate surface area is 131 Å². The zero-order chi connectivity index (χ0) is 15.2. The molecule has 3 heteroatoms. The molecule has 2 rings (SSSR count). The molecule has 0 aromatic heterocycles. The molecule has 1 atom stereocenters. The summed E-state index contributed by atoms with van der Waals surface area (Å²) in [5, 5.41) is 4.27. The molecule has 0 spiro atoms. The highest BCUT2D eigenvalue weighted by Crippen LogP contribution is 2.27. The van der Waals surface area contributed by atoms with E-state index < -0.39 is 0 Å². The van der Waals surface area contributed by atoms with E-state index in [1.54, 1.807) is 0 Å². The Morgan fingerprint density at radius 3 is 2.48 bits per heavy atom. The van der Waals surface area contributed by atoms with Crippen LogP contribution in [0.1, 0.15) is 43.4 Å². The number of hydrogen-bond acceptors (Lipinski definition) is 1. The Bertz CT molecular complexity index is 580. The molecule has 112 valence electrons. The molecule has 0 saturated heterocycles. The average Bonchev–Trinajstić information content (AvgIpc) is 2.48. The molecule has 0 fully saturated rings. The minimum Gasteiger partial charge on any atom is -0.378 e. The fourth-order valence-corrected chi connectivity index (χ4v) is 2.49. The number of benzene rings is 2.